The van der Waals surface area contributed by atoms with Crippen molar-refractivity contribution in [3.8, 4) is 5.75 Å². The summed E-state index contributed by atoms with van der Waals surface area (Å²) in [5.74, 6) is 0.746. The van der Waals surface area contributed by atoms with Gasteiger partial charge >= 0.3 is 0 Å². The molecule has 156 valence electrons. The van der Waals surface area contributed by atoms with Crippen molar-refractivity contribution in [3.63, 3.8) is 0 Å². The zero-order chi connectivity index (χ0) is 20.1. The van der Waals surface area contributed by atoms with Crippen LogP contribution in [0.1, 0.15) is 18.1 Å². The van der Waals surface area contributed by atoms with E-state index < -0.39 is 6.10 Å². The summed E-state index contributed by atoms with van der Waals surface area (Å²) in [6.45, 7) is 5.85. The fourth-order valence-corrected chi connectivity index (χ4v) is 3.28. The summed E-state index contributed by atoms with van der Waals surface area (Å²) in [6.07, 6.45) is -0.209. The van der Waals surface area contributed by atoms with Crippen LogP contribution in [0.2, 0.25) is 0 Å². The number of nitrogens with two attached hydrogens (primary N) is 1. The third-order valence-corrected chi connectivity index (χ3v) is 5.02. The number of anilines is 1. The number of hydrogen-bond acceptors (Lipinski definition) is 4. The molecule has 2 N–H and O–H groups in total. The van der Waals surface area contributed by atoms with Crippen LogP contribution in [0.3, 0.4) is 0 Å². The smallest absolute Gasteiger partial charge is 0.263 e. The maximum absolute atomic E-state index is 12.7. The number of nitrogen functional groups attached to an aromatic ring is 1. The summed E-state index contributed by atoms with van der Waals surface area (Å²) in [4.78, 5) is 28.8. The van der Waals surface area contributed by atoms with Gasteiger partial charge in [-0.1, -0.05) is 30.3 Å². The molecular weight excluding hydrogens is 390 g/mol. The maximum atomic E-state index is 12.7. The van der Waals surface area contributed by atoms with Crippen LogP contribution in [0, 0.1) is 6.92 Å². The molecule has 1 saturated heterocycles. The quantitative estimate of drug-likeness (QED) is 0.759. The van der Waals surface area contributed by atoms with E-state index in [-0.39, 0.29) is 24.2 Å². The Hall–Kier alpha value is -2.73. The Labute approximate surface area is 178 Å². The van der Waals surface area contributed by atoms with Crippen LogP contribution in [0.25, 0.3) is 0 Å². The minimum Gasteiger partial charge on any atom is -0.481 e. The number of piperazine rings is 1. The van der Waals surface area contributed by atoms with Gasteiger partial charge in [0.2, 0.25) is 5.91 Å². The zero-order valence-corrected chi connectivity index (χ0v) is 17.7. The molecule has 0 bridgehead atoms. The molecule has 1 unspecified atom stereocenters. The normalized spacial score (nSPS) is 14.7. The van der Waals surface area contributed by atoms with E-state index in [2.05, 4.69) is 0 Å². The van der Waals surface area contributed by atoms with Crippen molar-refractivity contribution in [3.05, 3.63) is 59.7 Å². The Kier molecular flexibility index (Phi) is 7.91. The SMILES string of the molecule is Cc1ccccc1OC(C)C(=O)N1CCN(C(=O)Cc2ccc(N)cc2)CC1.Cl. The summed E-state index contributed by atoms with van der Waals surface area (Å²) in [5.41, 5.74) is 8.31. The van der Waals surface area contributed by atoms with Gasteiger partial charge in [-0.2, -0.15) is 0 Å². The number of halogens is 1. The third-order valence-electron chi connectivity index (χ3n) is 5.02. The van der Waals surface area contributed by atoms with Crippen molar-refractivity contribution in [2.45, 2.75) is 26.4 Å². The van der Waals surface area contributed by atoms with Gasteiger partial charge in [0, 0.05) is 31.9 Å². The molecule has 3 rings (SSSR count). The third kappa shape index (κ3) is 5.87. The molecule has 2 amide bonds. The van der Waals surface area contributed by atoms with Crippen LogP contribution < -0.4 is 10.5 Å². The summed E-state index contributed by atoms with van der Waals surface area (Å²) in [6, 6.07) is 15.0. The highest BCUT2D eigenvalue weighted by atomic mass is 35.5. The van der Waals surface area contributed by atoms with Crippen molar-refractivity contribution in [1.29, 1.82) is 0 Å². The minimum absolute atomic E-state index is 0. The number of para-hydroxylation sites is 1. The molecule has 0 aromatic heterocycles. The van der Waals surface area contributed by atoms with Gasteiger partial charge in [0.15, 0.2) is 6.10 Å². The van der Waals surface area contributed by atoms with Crippen molar-refractivity contribution < 1.29 is 14.3 Å². The average Bonchev–Trinajstić information content (AvgIpc) is 2.71. The van der Waals surface area contributed by atoms with Gasteiger partial charge in [-0.25, -0.2) is 0 Å². The highest BCUT2D eigenvalue weighted by Crippen LogP contribution is 2.19. The number of benzene rings is 2. The largest absolute Gasteiger partial charge is 0.481 e. The van der Waals surface area contributed by atoms with E-state index in [9.17, 15) is 9.59 Å². The number of nitrogens with zero attached hydrogens (tertiary/aromatic N) is 2. The highest BCUT2D eigenvalue weighted by molar-refractivity contribution is 5.85. The fraction of sp³-hybridized carbons (Fsp3) is 0.364. The minimum atomic E-state index is -0.557. The first-order valence-electron chi connectivity index (χ1n) is 9.57. The number of hydrogen-bond donors (Lipinski definition) is 1. The lowest BCUT2D eigenvalue weighted by Crippen LogP contribution is -2.53. The van der Waals surface area contributed by atoms with Gasteiger partial charge in [0.25, 0.3) is 5.91 Å². The molecule has 0 radical (unpaired) electrons. The highest BCUT2D eigenvalue weighted by Gasteiger charge is 2.28. The summed E-state index contributed by atoms with van der Waals surface area (Å²) in [7, 11) is 0. The lowest BCUT2D eigenvalue weighted by Gasteiger charge is -2.36. The molecule has 0 saturated carbocycles. The van der Waals surface area contributed by atoms with Gasteiger partial charge in [-0.15, -0.1) is 12.4 Å². The number of carbonyl (C=O) groups is 2. The zero-order valence-electron chi connectivity index (χ0n) is 16.8. The van der Waals surface area contributed by atoms with Gasteiger partial charge in [0.1, 0.15) is 5.75 Å². The Bertz CT molecular complexity index is 833. The number of rotatable bonds is 5. The predicted molar refractivity (Wildman–Crippen MR) is 116 cm³/mol. The van der Waals surface area contributed by atoms with E-state index in [0.717, 1.165) is 16.9 Å². The van der Waals surface area contributed by atoms with Gasteiger partial charge in [-0.05, 0) is 43.2 Å². The van der Waals surface area contributed by atoms with Gasteiger partial charge < -0.3 is 20.3 Å². The van der Waals surface area contributed by atoms with E-state index in [0.29, 0.717) is 38.3 Å². The molecule has 2 aromatic rings. The second kappa shape index (κ2) is 10.2. The molecule has 1 aliphatic rings. The monoisotopic (exact) mass is 417 g/mol. The van der Waals surface area contributed by atoms with E-state index in [1.165, 1.54) is 0 Å². The van der Waals surface area contributed by atoms with Crippen LogP contribution in [0.4, 0.5) is 5.69 Å². The predicted octanol–water partition coefficient (Wildman–Crippen LogP) is 2.68. The standard InChI is InChI=1S/C22H27N3O3.ClH/c1-16-5-3-4-6-20(16)28-17(2)22(27)25-13-11-24(12-14-25)21(26)15-18-7-9-19(23)10-8-18;/h3-10,17H,11-15,23H2,1-2H3;1H. The van der Waals surface area contributed by atoms with Crippen molar-refractivity contribution >= 4 is 29.9 Å². The van der Waals surface area contributed by atoms with Crippen LogP contribution >= 0.6 is 12.4 Å². The van der Waals surface area contributed by atoms with Crippen LogP contribution in [-0.2, 0) is 16.0 Å². The van der Waals surface area contributed by atoms with Crippen molar-refractivity contribution in [2.75, 3.05) is 31.9 Å². The molecule has 0 aliphatic carbocycles. The Balaban J connectivity index is 0.00000300. The first kappa shape index (κ1) is 22.6. The van der Waals surface area contributed by atoms with Gasteiger partial charge in [0.05, 0.1) is 6.42 Å². The lowest BCUT2D eigenvalue weighted by atomic mass is 10.1. The topological polar surface area (TPSA) is 75.9 Å². The summed E-state index contributed by atoms with van der Waals surface area (Å²) in [5, 5.41) is 0. The summed E-state index contributed by atoms with van der Waals surface area (Å²) < 4.78 is 5.84. The maximum Gasteiger partial charge on any atom is 0.263 e. The molecule has 6 nitrogen and oxygen atoms in total. The first-order valence-corrected chi connectivity index (χ1v) is 9.57. The van der Waals surface area contributed by atoms with E-state index in [4.69, 9.17) is 10.5 Å². The summed E-state index contributed by atoms with van der Waals surface area (Å²) >= 11 is 0. The lowest BCUT2D eigenvalue weighted by molar-refractivity contribution is -0.143. The second-order valence-electron chi connectivity index (χ2n) is 7.15. The van der Waals surface area contributed by atoms with E-state index in [1.54, 1.807) is 24.0 Å². The van der Waals surface area contributed by atoms with E-state index >= 15 is 0 Å². The first-order chi connectivity index (χ1) is 13.4. The molecule has 29 heavy (non-hydrogen) atoms. The molecule has 0 spiro atoms. The van der Waals surface area contributed by atoms with Gasteiger partial charge in [-0.3, -0.25) is 9.59 Å². The van der Waals surface area contributed by atoms with Crippen molar-refractivity contribution in [1.82, 2.24) is 9.80 Å². The van der Waals surface area contributed by atoms with Crippen LogP contribution in [-0.4, -0.2) is 53.9 Å². The molecule has 2 aromatic carbocycles. The molecule has 7 heteroatoms. The molecule has 1 aliphatic heterocycles. The number of carbonyl (C=O) groups excluding carboxylic acids is 2. The number of ether oxygens (including phenoxy) is 1. The Morgan fingerprint density at radius 2 is 1.59 bits per heavy atom. The average molecular weight is 418 g/mol. The van der Waals surface area contributed by atoms with Crippen molar-refractivity contribution in [2.24, 2.45) is 0 Å². The molecule has 1 fully saturated rings. The molecule has 1 atom stereocenters. The molecular formula is C22H28ClN3O3. The van der Waals surface area contributed by atoms with Crippen LogP contribution in [0.15, 0.2) is 48.5 Å². The number of aryl methyl sites for hydroxylation is 1. The Morgan fingerprint density at radius 3 is 2.21 bits per heavy atom. The fourth-order valence-electron chi connectivity index (χ4n) is 3.28. The number of amides is 2. The molecule has 1 heterocycles. The van der Waals surface area contributed by atoms with E-state index in [1.807, 2.05) is 48.2 Å². The van der Waals surface area contributed by atoms with Crippen LogP contribution in [0.5, 0.6) is 5.75 Å². The second-order valence-corrected chi connectivity index (χ2v) is 7.15. The Morgan fingerprint density at radius 1 is 1.00 bits per heavy atom.